The zero-order chi connectivity index (χ0) is 17.3. The summed E-state index contributed by atoms with van der Waals surface area (Å²) < 4.78 is 13.5. The molecule has 3 rings (SSSR count). The summed E-state index contributed by atoms with van der Waals surface area (Å²) in [4.78, 5) is 16.6. The van der Waals surface area contributed by atoms with Gasteiger partial charge in [-0.2, -0.15) is 0 Å². The lowest BCUT2D eigenvalue weighted by Gasteiger charge is -2.47. The third kappa shape index (κ3) is 4.03. The van der Waals surface area contributed by atoms with Crippen LogP contribution in [0.5, 0.6) is 0 Å². The van der Waals surface area contributed by atoms with Crippen LogP contribution in [0, 0.1) is 11.8 Å². The van der Waals surface area contributed by atoms with Crippen molar-refractivity contribution in [3.8, 4) is 0 Å². The fourth-order valence-corrected chi connectivity index (χ4v) is 4.87. The van der Waals surface area contributed by atoms with Gasteiger partial charge in [0.05, 0.1) is 0 Å². The van der Waals surface area contributed by atoms with Crippen LogP contribution in [0.15, 0.2) is 0 Å². The first-order chi connectivity index (χ1) is 11.5. The standard InChI is InChI=1S/C17H30ClFN4O/c1-11-7-14(19)4-3-13(11)10-22-5-6-23(12(2)9-22)15-8-20-21-17(24)16(15)18/h11-16,20H,3-10H2,1-2H3,(H,21,24)/t11?,12-,13?,14?,15?,16?/m1/s1. The Labute approximate surface area is 149 Å². The van der Waals surface area contributed by atoms with E-state index in [2.05, 4.69) is 34.5 Å². The van der Waals surface area contributed by atoms with Crippen molar-refractivity contribution in [2.75, 3.05) is 32.7 Å². The molecule has 1 aliphatic carbocycles. The lowest BCUT2D eigenvalue weighted by molar-refractivity contribution is -0.125. The van der Waals surface area contributed by atoms with Gasteiger partial charge in [-0.05, 0) is 38.0 Å². The molecule has 6 atom stereocenters. The molecule has 2 aliphatic heterocycles. The Morgan fingerprint density at radius 1 is 1.29 bits per heavy atom. The molecule has 3 fully saturated rings. The number of piperazine rings is 1. The largest absolute Gasteiger partial charge is 0.300 e. The third-order valence-electron chi connectivity index (χ3n) is 6.08. The average molecular weight is 361 g/mol. The van der Waals surface area contributed by atoms with Crippen molar-refractivity contribution >= 4 is 17.5 Å². The number of alkyl halides is 2. The molecule has 1 saturated carbocycles. The van der Waals surface area contributed by atoms with Gasteiger partial charge in [-0.3, -0.25) is 15.1 Å². The minimum Gasteiger partial charge on any atom is -0.300 e. The molecule has 2 saturated heterocycles. The first-order valence-corrected chi connectivity index (χ1v) is 9.68. The monoisotopic (exact) mass is 360 g/mol. The van der Waals surface area contributed by atoms with Gasteiger partial charge in [-0.25, -0.2) is 9.82 Å². The van der Waals surface area contributed by atoms with Gasteiger partial charge < -0.3 is 4.90 Å². The number of hydrogen-bond donors (Lipinski definition) is 2. The Balaban J connectivity index is 1.52. The van der Waals surface area contributed by atoms with Crippen LogP contribution in [0.4, 0.5) is 4.39 Å². The number of halogens is 2. The van der Waals surface area contributed by atoms with E-state index in [1.165, 1.54) is 0 Å². The van der Waals surface area contributed by atoms with Crippen LogP contribution in [-0.4, -0.2) is 72.1 Å². The molecule has 0 bridgehead atoms. The van der Waals surface area contributed by atoms with E-state index in [1.54, 1.807) is 0 Å². The second kappa shape index (κ2) is 7.85. The van der Waals surface area contributed by atoms with E-state index in [4.69, 9.17) is 11.6 Å². The topological polar surface area (TPSA) is 47.6 Å². The third-order valence-corrected chi connectivity index (χ3v) is 6.56. The van der Waals surface area contributed by atoms with Crippen molar-refractivity contribution in [3.05, 3.63) is 0 Å². The molecule has 0 aromatic rings. The summed E-state index contributed by atoms with van der Waals surface area (Å²) in [5, 5.41) is -0.500. The first kappa shape index (κ1) is 18.4. The fraction of sp³-hybridized carbons (Fsp3) is 0.941. The number of carbonyl (C=O) groups excluding carboxylic acids is 1. The van der Waals surface area contributed by atoms with Crippen molar-refractivity contribution in [1.29, 1.82) is 0 Å². The maximum atomic E-state index is 13.5. The Morgan fingerprint density at radius 2 is 2.08 bits per heavy atom. The van der Waals surface area contributed by atoms with Gasteiger partial charge in [0.1, 0.15) is 11.5 Å². The van der Waals surface area contributed by atoms with E-state index in [-0.39, 0.29) is 11.9 Å². The van der Waals surface area contributed by atoms with Gasteiger partial charge in [-0.1, -0.05) is 6.92 Å². The van der Waals surface area contributed by atoms with Gasteiger partial charge in [0.15, 0.2) is 0 Å². The van der Waals surface area contributed by atoms with Crippen molar-refractivity contribution in [1.82, 2.24) is 20.7 Å². The number of rotatable bonds is 3. The van der Waals surface area contributed by atoms with Crippen LogP contribution in [0.3, 0.4) is 0 Å². The second-order valence-corrected chi connectivity index (χ2v) is 8.30. The number of carbonyl (C=O) groups is 1. The molecule has 24 heavy (non-hydrogen) atoms. The van der Waals surface area contributed by atoms with E-state index < -0.39 is 11.5 Å². The quantitative estimate of drug-likeness (QED) is 0.746. The van der Waals surface area contributed by atoms with Crippen molar-refractivity contribution in [3.63, 3.8) is 0 Å². The van der Waals surface area contributed by atoms with Gasteiger partial charge >= 0.3 is 0 Å². The highest BCUT2D eigenvalue weighted by Crippen LogP contribution is 2.32. The summed E-state index contributed by atoms with van der Waals surface area (Å²) in [5.74, 6) is 0.943. The average Bonchev–Trinajstić information content (AvgIpc) is 2.53. The molecule has 0 aromatic carbocycles. The smallest absolute Gasteiger partial charge is 0.253 e. The minimum atomic E-state index is -0.599. The van der Waals surface area contributed by atoms with Crippen LogP contribution in [0.2, 0.25) is 0 Å². The predicted octanol–water partition coefficient (Wildman–Crippen LogP) is 1.38. The van der Waals surface area contributed by atoms with Crippen LogP contribution in [0.25, 0.3) is 0 Å². The van der Waals surface area contributed by atoms with E-state index in [0.29, 0.717) is 24.4 Å². The summed E-state index contributed by atoms with van der Waals surface area (Å²) in [5.41, 5.74) is 5.54. The number of nitrogens with one attached hydrogen (secondary N) is 2. The molecule has 1 amide bonds. The van der Waals surface area contributed by atoms with Gasteiger partial charge in [0, 0.05) is 44.8 Å². The van der Waals surface area contributed by atoms with Crippen LogP contribution < -0.4 is 10.9 Å². The highest BCUT2D eigenvalue weighted by Gasteiger charge is 2.39. The van der Waals surface area contributed by atoms with Gasteiger partial charge in [0.2, 0.25) is 0 Å². The Morgan fingerprint density at radius 3 is 2.79 bits per heavy atom. The van der Waals surface area contributed by atoms with Gasteiger partial charge in [-0.15, -0.1) is 11.6 Å². The highest BCUT2D eigenvalue weighted by atomic mass is 35.5. The Kier molecular flexibility index (Phi) is 6.01. The Bertz CT molecular complexity index is 454. The molecule has 0 aromatic heterocycles. The molecule has 0 radical (unpaired) electrons. The van der Waals surface area contributed by atoms with Crippen LogP contribution in [-0.2, 0) is 4.79 Å². The molecule has 5 unspecified atom stereocenters. The van der Waals surface area contributed by atoms with Crippen molar-refractivity contribution in [2.45, 2.75) is 56.7 Å². The molecule has 138 valence electrons. The SMILES string of the molecule is CC1CC(F)CCC1CN1CCN(C2CNNC(=O)C2Cl)[C@H](C)C1. The summed E-state index contributed by atoms with van der Waals surface area (Å²) in [6.45, 7) is 9.07. The zero-order valence-electron chi connectivity index (χ0n) is 14.7. The Hall–Kier alpha value is -0.430. The zero-order valence-corrected chi connectivity index (χ0v) is 15.4. The predicted molar refractivity (Wildman–Crippen MR) is 93.6 cm³/mol. The van der Waals surface area contributed by atoms with Crippen LogP contribution in [0.1, 0.15) is 33.1 Å². The molecule has 0 spiro atoms. The second-order valence-electron chi connectivity index (χ2n) is 7.83. The number of amides is 1. The first-order valence-electron chi connectivity index (χ1n) is 9.24. The van der Waals surface area contributed by atoms with Gasteiger partial charge in [0.25, 0.3) is 5.91 Å². The highest BCUT2D eigenvalue weighted by molar-refractivity contribution is 6.31. The molecule has 7 heteroatoms. The number of nitrogens with zero attached hydrogens (tertiary/aromatic N) is 2. The van der Waals surface area contributed by atoms with Crippen LogP contribution >= 0.6 is 11.6 Å². The molecule has 3 aliphatic rings. The molecular weight excluding hydrogens is 331 g/mol. The van der Waals surface area contributed by atoms with Crippen molar-refractivity contribution < 1.29 is 9.18 Å². The summed E-state index contributed by atoms with van der Waals surface area (Å²) in [6.07, 6.45) is 1.85. The normalized spacial score (nSPS) is 42.8. The minimum absolute atomic E-state index is 0.0402. The summed E-state index contributed by atoms with van der Waals surface area (Å²) in [7, 11) is 0. The molecule has 2 heterocycles. The maximum Gasteiger partial charge on any atom is 0.253 e. The van der Waals surface area contributed by atoms with Crippen molar-refractivity contribution in [2.24, 2.45) is 11.8 Å². The number of hydrogen-bond acceptors (Lipinski definition) is 4. The number of hydrazine groups is 1. The molecule has 5 nitrogen and oxygen atoms in total. The summed E-state index contributed by atoms with van der Waals surface area (Å²) in [6, 6.07) is 0.406. The van der Waals surface area contributed by atoms with E-state index in [9.17, 15) is 9.18 Å². The molecule has 2 N–H and O–H groups in total. The van der Waals surface area contributed by atoms with E-state index >= 15 is 0 Å². The lowest BCUT2D eigenvalue weighted by atomic mass is 9.79. The summed E-state index contributed by atoms with van der Waals surface area (Å²) >= 11 is 6.31. The molecular formula is C17H30ClFN4O. The van der Waals surface area contributed by atoms with E-state index in [1.807, 2.05) is 0 Å². The lowest BCUT2D eigenvalue weighted by Crippen LogP contribution is -2.66. The van der Waals surface area contributed by atoms with E-state index in [0.717, 1.165) is 45.4 Å². The maximum absolute atomic E-state index is 13.5. The fourth-order valence-electron chi connectivity index (χ4n) is 4.58.